The van der Waals surface area contributed by atoms with Gasteiger partial charge in [-0.3, -0.25) is 0 Å². The predicted molar refractivity (Wildman–Crippen MR) is 71.5 cm³/mol. The van der Waals surface area contributed by atoms with Crippen LogP contribution in [0.3, 0.4) is 0 Å². The van der Waals surface area contributed by atoms with Crippen molar-refractivity contribution in [3.63, 3.8) is 0 Å². The average Bonchev–Trinajstić information content (AvgIpc) is 2.35. The summed E-state index contributed by atoms with van der Waals surface area (Å²) in [6.07, 6.45) is 8.10. The zero-order valence-corrected chi connectivity index (χ0v) is 11.4. The Labute approximate surface area is 102 Å². The van der Waals surface area contributed by atoms with Crippen LogP contribution in [0.1, 0.15) is 52.4 Å². The second-order valence-corrected chi connectivity index (χ2v) is 5.47. The quantitative estimate of drug-likeness (QED) is 0.754. The third-order valence-corrected chi connectivity index (χ3v) is 4.44. The highest BCUT2D eigenvalue weighted by Gasteiger charge is 2.27. The van der Waals surface area contributed by atoms with Crippen molar-refractivity contribution in [1.29, 1.82) is 0 Å². The van der Waals surface area contributed by atoms with Crippen LogP contribution in [0.25, 0.3) is 0 Å². The van der Waals surface area contributed by atoms with Crippen LogP contribution < -0.4 is 5.73 Å². The topological polar surface area (TPSA) is 29.3 Å². The van der Waals surface area contributed by atoms with Crippen molar-refractivity contribution in [2.24, 2.45) is 17.6 Å². The molecule has 1 saturated carbocycles. The van der Waals surface area contributed by atoms with Crippen molar-refractivity contribution < 1.29 is 0 Å². The highest BCUT2D eigenvalue weighted by Crippen LogP contribution is 2.28. The zero-order chi connectivity index (χ0) is 12.0. The zero-order valence-electron chi connectivity index (χ0n) is 11.4. The van der Waals surface area contributed by atoms with Gasteiger partial charge in [-0.05, 0) is 38.3 Å². The maximum absolute atomic E-state index is 5.90. The molecule has 1 aliphatic carbocycles. The van der Waals surface area contributed by atoms with Crippen LogP contribution in [0.5, 0.6) is 0 Å². The molecule has 2 atom stereocenters. The molecular formula is C14H30N2. The van der Waals surface area contributed by atoms with E-state index in [-0.39, 0.29) is 0 Å². The minimum absolute atomic E-state index is 0.744. The Morgan fingerprint density at radius 3 is 2.38 bits per heavy atom. The van der Waals surface area contributed by atoms with Crippen molar-refractivity contribution in [2.75, 3.05) is 20.1 Å². The maximum atomic E-state index is 5.90. The van der Waals surface area contributed by atoms with Gasteiger partial charge in [-0.1, -0.05) is 39.5 Å². The number of nitrogens with zero attached hydrogens (tertiary/aromatic N) is 1. The standard InChI is InChI=1S/C14H30N2/c1-4-12(5-2)11-16(3)14-9-7-6-8-13(14)10-15/h12-14H,4-11,15H2,1-3H3. The molecule has 2 N–H and O–H groups in total. The Balaban J connectivity index is 2.46. The molecule has 1 fully saturated rings. The molecule has 0 amide bonds. The van der Waals surface area contributed by atoms with E-state index in [0.717, 1.165) is 24.4 Å². The summed E-state index contributed by atoms with van der Waals surface area (Å²) in [5.74, 6) is 1.61. The first-order valence-corrected chi connectivity index (χ1v) is 7.13. The van der Waals surface area contributed by atoms with Crippen molar-refractivity contribution in [3.8, 4) is 0 Å². The Morgan fingerprint density at radius 1 is 1.19 bits per heavy atom. The third kappa shape index (κ3) is 3.74. The first-order valence-electron chi connectivity index (χ1n) is 7.13. The fraction of sp³-hybridized carbons (Fsp3) is 1.00. The molecule has 0 radical (unpaired) electrons. The third-order valence-electron chi connectivity index (χ3n) is 4.44. The molecule has 0 heterocycles. The second-order valence-electron chi connectivity index (χ2n) is 5.47. The molecule has 0 spiro atoms. The van der Waals surface area contributed by atoms with E-state index in [1.165, 1.54) is 45.1 Å². The lowest BCUT2D eigenvalue weighted by Gasteiger charge is -2.39. The molecule has 0 saturated heterocycles. The van der Waals surface area contributed by atoms with Crippen molar-refractivity contribution in [2.45, 2.75) is 58.4 Å². The molecule has 96 valence electrons. The maximum Gasteiger partial charge on any atom is 0.0133 e. The summed E-state index contributed by atoms with van der Waals surface area (Å²) >= 11 is 0. The molecule has 0 bridgehead atoms. The SMILES string of the molecule is CCC(CC)CN(C)C1CCCCC1CN. The summed E-state index contributed by atoms with van der Waals surface area (Å²) in [7, 11) is 2.30. The monoisotopic (exact) mass is 226 g/mol. The first-order chi connectivity index (χ1) is 7.72. The summed E-state index contributed by atoms with van der Waals surface area (Å²) in [4.78, 5) is 2.59. The van der Waals surface area contributed by atoms with E-state index < -0.39 is 0 Å². The van der Waals surface area contributed by atoms with Crippen LogP contribution in [0.15, 0.2) is 0 Å². The van der Waals surface area contributed by atoms with E-state index in [1.54, 1.807) is 0 Å². The largest absolute Gasteiger partial charge is 0.330 e. The molecular weight excluding hydrogens is 196 g/mol. The Bertz CT molecular complexity index is 178. The van der Waals surface area contributed by atoms with E-state index in [2.05, 4.69) is 25.8 Å². The summed E-state index contributed by atoms with van der Waals surface area (Å²) in [5, 5.41) is 0. The fourth-order valence-electron chi connectivity index (χ4n) is 3.13. The van der Waals surface area contributed by atoms with Crippen LogP contribution in [0, 0.1) is 11.8 Å². The molecule has 0 aliphatic heterocycles. The van der Waals surface area contributed by atoms with E-state index in [9.17, 15) is 0 Å². The fourth-order valence-corrected chi connectivity index (χ4v) is 3.13. The molecule has 16 heavy (non-hydrogen) atoms. The van der Waals surface area contributed by atoms with Gasteiger partial charge in [-0.15, -0.1) is 0 Å². The predicted octanol–water partition coefficient (Wildman–Crippen LogP) is 2.87. The summed E-state index contributed by atoms with van der Waals surface area (Å²) in [6, 6.07) is 0.749. The molecule has 0 aromatic carbocycles. The van der Waals surface area contributed by atoms with Crippen LogP contribution in [-0.2, 0) is 0 Å². The lowest BCUT2D eigenvalue weighted by molar-refractivity contribution is 0.114. The average molecular weight is 226 g/mol. The van der Waals surface area contributed by atoms with Crippen molar-refractivity contribution in [3.05, 3.63) is 0 Å². The second kappa shape index (κ2) is 7.29. The first kappa shape index (κ1) is 14.0. The summed E-state index contributed by atoms with van der Waals surface area (Å²) in [5.41, 5.74) is 5.90. The molecule has 2 unspecified atom stereocenters. The lowest BCUT2D eigenvalue weighted by Crippen LogP contribution is -2.44. The van der Waals surface area contributed by atoms with Gasteiger partial charge in [-0.2, -0.15) is 0 Å². The van der Waals surface area contributed by atoms with Gasteiger partial charge < -0.3 is 10.6 Å². The highest BCUT2D eigenvalue weighted by atomic mass is 15.1. The number of hydrogen-bond acceptors (Lipinski definition) is 2. The summed E-state index contributed by atoms with van der Waals surface area (Å²) in [6.45, 7) is 6.75. The van der Waals surface area contributed by atoms with Gasteiger partial charge in [0, 0.05) is 12.6 Å². The molecule has 2 nitrogen and oxygen atoms in total. The van der Waals surface area contributed by atoms with Gasteiger partial charge in [0.2, 0.25) is 0 Å². The number of rotatable bonds is 6. The van der Waals surface area contributed by atoms with Crippen molar-refractivity contribution >= 4 is 0 Å². The van der Waals surface area contributed by atoms with E-state index in [0.29, 0.717) is 0 Å². The number of hydrogen-bond donors (Lipinski definition) is 1. The highest BCUT2D eigenvalue weighted by molar-refractivity contribution is 4.83. The molecule has 1 rings (SSSR count). The molecule has 1 aliphatic rings. The van der Waals surface area contributed by atoms with Crippen LogP contribution in [-0.4, -0.2) is 31.1 Å². The Hall–Kier alpha value is -0.0800. The van der Waals surface area contributed by atoms with Gasteiger partial charge in [0.25, 0.3) is 0 Å². The van der Waals surface area contributed by atoms with E-state index in [1.807, 2.05) is 0 Å². The Morgan fingerprint density at radius 2 is 1.81 bits per heavy atom. The van der Waals surface area contributed by atoms with E-state index in [4.69, 9.17) is 5.73 Å². The molecule has 2 heteroatoms. The van der Waals surface area contributed by atoms with Gasteiger partial charge >= 0.3 is 0 Å². The lowest BCUT2D eigenvalue weighted by atomic mass is 9.83. The molecule has 0 aromatic heterocycles. The molecule has 0 aromatic rings. The van der Waals surface area contributed by atoms with Crippen molar-refractivity contribution in [1.82, 2.24) is 4.90 Å². The number of nitrogens with two attached hydrogens (primary N) is 1. The van der Waals surface area contributed by atoms with Crippen LogP contribution in [0.2, 0.25) is 0 Å². The van der Waals surface area contributed by atoms with Crippen LogP contribution >= 0.6 is 0 Å². The smallest absolute Gasteiger partial charge is 0.0133 e. The minimum atomic E-state index is 0.744. The minimum Gasteiger partial charge on any atom is -0.330 e. The summed E-state index contributed by atoms with van der Waals surface area (Å²) < 4.78 is 0. The van der Waals surface area contributed by atoms with Gasteiger partial charge in [-0.25, -0.2) is 0 Å². The van der Waals surface area contributed by atoms with Crippen LogP contribution in [0.4, 0.5) is 0 Å². The van der Waals surface area contributed by atoms with Gasteiger partial charge in [0.15, 0.2) is 0 Å². The van der Waals surface area contributed by atoms with E-state index >= 15 is 0 Å². The van der Waals surface area contributed by atoms with Gasteiger partial charge in [0.05, 0.1) is 0 Å². The van der Waals surface area contributed by atoms with Gasteiger partial charge in [0.1, 0.15) is 0 Å². The Kier molecular flexibility index (Phi) is 6.37. The normalized spacial score (nSPS) is 26.6.